The third-order valence-electron chi connectivity index (χ3n) is 6.35. The third-order valence-corrected chi connectivity index (χ3v) is 6.90. The zero-order chi connectivity index (χ0) is 23.3. The van der Waals surface area contributed by atoms with Crippen molar-refractivity contribution in [2.24, 2.45) is 23.7 Å². The lowest BCUT2D eigenvalue weighted by Crippen LogP contribution is -2.33. The molecule has 1 aliphatic heterocycles. The average molecular weight is 485 g/mol. The van der Waals surface area contributed by atoms with E-state index in [2.05, 4.69) is 5.32 Å². The van der Waals surface area contributed by atoms with Gasteiger partial charge in [0.2, 0.25) is 11.8 Å². The fourth-order valence-corrected chi connectivity index (χ4v) is 5.38. The van der Waals surface area contributed by atoms with Crippen LogP contribution in [0.3, 0.4) is 0 Å². The van der Waals surface area contributed by atoms with E-state index in [1.54, 1.807) is 18.2 Å². The number of fused-ring (bicyclic) bond motifs is 5. The molecule has 7 nitrogen and oxygen atoms in total. The van der Waals surface area contributed by atoms with Gasteiger partial charge in [0.15, 0.2) is 6.61 Å². The Labute approximate surface area is 199 Å². The van der Waals surface area contributed by atoms with Gasteiger partial charge in [-0.1, -0.05) is 41.4 Å². The number of anilines is 2. The van der Waals surface area contributed by atoms with Crippen molar-refractivity contribution < 1.29 is 23.9 Å². The summed E-state index contributed by atoms with van der Waals surface area (Å²) in [6.45, 7) is -0.539. The standard InChI is InChI=1S/C24H18Cl2N2O5/c25-15-6-7-18(17(26)10-15)27-19(29)11-33-24(32)14-2-1-3-16(9-14)28-22(30)20-12-4-5-13(8-12)21(20)23(28)31/h1-7,9-10,12-13,20-21H,8,11H2,(H,27,29)/t12-,13-,20-,21-/m0/s1. The highest BCUT2D eigenvalue weighted by Crippen LogP contribution is 2.53. The molecule has 3 aliphatic rings. The Morgan fingerprint density at radius 2 is 1.70 bits per heavy atom. The number of benzene rings is 2. The number of nitrogens with zero attached hydrogens (tertiary/aromatic N) is 1. The second-order valence-electron chi connectivity index (χ2n) is 8.31. The quantitative estimate of drug-likeness (QED) is 0.391. The predicted molar refractivity (Wildman–Crippen MR) is 122 cm³/mol. The van der Waals surface area contributed by atoms with Crippen LogP contribution < -0.4 is 10.2 Å². The van der Waals surface area contributed by atoms with E-state index in [0.717, 1.165) is 6.42 Å². The van der Waals surface area contributed by atoms with Crippen molar-refractivity contribution in [1.82, 2.24) is 0 Å². The van der Waals surface area contributed by atoms with Gasteiger partial charge in [-0.3, -0.25) is 14.4 Å². The van der Waals surface area contributed by atoms with Gasteiger partial charge < -0.3 is 10.1 Å². The molecule has 2 aromatic rings. The van der Waals surface area contributed by atoms with E-state index in [0.29, 0.717) is 16.4 Å². The molecule has 33 heavy (non-hydrogen) atoms. The van der Waals surface area contributed by atoms with Gasteiger partial charge in [-0.15, -0.1) is 0 Å². The fourth-order valence-electron chi connectivity index (χ4n) is 4.92. The van der Waals surface area contributed by atoms with Crippen molar-refractivity contribution in [1.29, 1.82) is 0 Å². The molecule has 0 aromatic heterocycles. The first-order valence-electron chi connectivity index (χ1n) is 10.4. The molecule has 2 bridgehead atoms. The van der Waals surface area contributed by atoms with Gasteiger partial charge in [0.1, 0.15) is 0 Å². The summed E-state index contributed by atoms with van der Waals surface area (Å²) in [6.07, 6.45) is 4.89. The molecule has 1 saturated heterocycles. The molecule has 0 spiro atoms. The number of esters is 1. The van der Waals surface area contributed by atoms with Crippen molar-refractivity contribution in [2.75, 3.05) is 16.8 Å². The molecule has 0 radical (unpaired) electrons. The molecular weight excluding hydrogens is 467 g/mol. The number of amides is 3. The number of rotatable bonds is 5. The van der Waals surface area contributed by atoms with Crippen molar-refractivity contribution >= 4 is 58.3 Å². The summed E-state index contributed by atoms with van der Waals surface area (Å²) in [4.78, 5) is 51.8. The first-order valence-corrected chi connectivity index (χ1v) is 11.2. The molecule has 0 unspecified atom stereocenters. The Balaban J connectivity index is 1.25. The van der Waals surface area contributed by atoms with Gasteiger partial charge in [0.05, 0.1) is 33.8 Å². The van der Waals surface area contributed by atoms with E-state index in [9.17, 15) is 19.2 Å². The van der Waals surface area contributed by atoms with Crippen LogP contribution >= 0.6 is 23.2 Å². The maximum atomic E-state index is 13.0. The normalized spacial score (nSPS) is 24.8. The summed E-state index contributed by atoms with van der Waals surface area (Å²) in [5, 5.41) is 3.21. The molecule has 1 saturated carbocycles. The summed E-state index contributed by atoms with van der Waals surface area (Å²) in [5.74, 6) is -2.25. The molecule has 3 amide bonds. The second-order valence-corrected chi connectivity index (χ2v) is 9.15. The topological polar surface area (TPSA) is 92.8 Å². The Morgan fingerprint density at radius 3 is 2.36 bits per heavy atom. The van der Waals surface area contributed by atoms with E-state index >= 15 is 0 Å². The van der Waals surface area contributed by atoms with Crippen LogP contribution in [0.25, 0.3) is 0 Å². The first-order chi connectivity index (χ1) is 15.8. The van der Waals surface area contributed by atoms with Gasteiger partial charge in [-0.25, -0.2) is 9.69 Å². The number of halogens is 2. The van der Waals surface area contributed by atoms with Crippen LogP contribution in [0.5, 0.6) is 0 Å². The molecule has 5 rings (SSSR count). The molecule has 168 valence electrons. The molecule has 1 N–H and O–H groups in total. The van der Waals surface area contributed by atoms with Crippen LogP contribution in [-0.4, -0.2) is 30.3 Å². The zero-order valence-corrected chi connectivity index (χ0v) is 18.7. The van der Waals surface area contributed by atoms with Gasteiger partial charge in [0.25, 0.3) is 5.91 Å². The van der Waals surface area contributed by atoms with Crippen molar-refractivity contribution in [3.63, 3.8) is 0 Å². The first kappa shape index (κ1) is 21.7. The molecule has 1 heterocycles. The van der Waals surface area contributed by atoms with Gasteiger partial charge in [-0.05, 0) is 54.7 Å². The van der Waals surface area contributed by atoms with Gasteiger partial charge >= 0.3 is 5.97 Å². The molecule has 2 aliphatic carbocycles. The van der Waals surface area contributed by atoms with Crippen LogP contribution in [0.2, 0.25) is 10.0 Å². The van der Waals surface area contributed by atoms with E-state index in [4.69, 9.17) is 27.9 Å². The van der Waals surface area contributed by atoms with E-state index in [1.165, 1.54) is 29.2 Å². The number of allylic oxidation sites excluding steroid dienone is 2. The van der Waals surface area contributed by atoms with E-state index in [1.807, 2.05) is 12.2 Å². The highest BCUT2D eigenvalue weighted by molar-refractivity contribution is 6.36. The second kappa shape index (κ2) is 8.32. The summed E-state index contributed by atoms with van der Waals surface area (Å²) in [6, 6.07) is 10.7. The Morgan fingerprint density at radius 1 is 1.00 bits per heavy atom. The zero-order valence-electron chi connectivity index (χ0n) is 17.2. The monoisotopic (exact) mass is 484 g/mol. The lowest BCUT2D eigenvalue weighted by molar-refractivity contribution is -0.123. The molecule has 4 atom stereocenters. The molecular formula is C24H18Cl2N2O5. The van der Waals surface area contributed by atoms with Crippen molar-refractivity contribution in [3.05, 3.63) is 70.2 Å². The Kier molecular flexibility index (Phi) is 5.46. The predicted octanol–water partition coefficient (Wildman–Crippen LogP) is 4.10. The molecule has 2 aromatic carbocycles. The number of hydrogen-bond donors (Lipinski definition) is 1. The molecule has 2 fully saturated rings. The van der Waals surface area contributed by atoms with Crippen LogP contribution in [-0.2, 0) is 19.1 Å². The lowest BCUT2D eigenvalue weighted by Gasteiger charge is -2.18. The number of carbonyl (C=O) groups is 4. The highest BCUT2D eigenvalue weighted by Gasteiger charge is 2.59. The summed E-state index contributed by atoms with van der Waals surface area (Å²) in [7, 11) is 0. The number of imide groups is 1. The number of hydrogen-bond acceptors (Lipinski definition) is 5. The average Bonchev–Trinajstić information content (AvgIpc) is 3.48. The third kappa shape index (κ3) is 3.81. The largest absolute Gasteiger partial charge is 0.452 e. The van der Waals surface area contributed by atoms with Crippen LogP contribution in [0.4, 0.5) is 11.4 Å². The maximum absolute atomic E-state index is 13.0. The summed E-state index contributed by atoms with van der Waals surface area (Å²) >= 11 is 11.9. The van der Waals surface area contributed by atoms with E-state index < -0.39 is 18.5 Å². The smallest absolute Gasteiger partial charge is 0.338 e. The number of nitrogens with one attached hydrogen (secondary N) is 1. The lowest BCUT2D eigenvalue weighted by atomic mass is 9.85. The Hall–Kier alpha value is -3.16. The Bertz CT molecular complexity index is 1200. The van der Waals surface area contributed by atoms with Crippen molar-refractivity contribution in [3.8, 4) is 0 Å². The van der Waals surface area contributed by atoms with E-state index in [-0.39, 0.29) is 46.1 Å². The summed E-state index contributed by atoms with van der Waals surface area (Å²) in [5.41, 5.74) is 0.790. The molecule has 9 heteroatoms. The van der Waals surface area contributed by atoms with Crippen LogP contribution in [0.1, 0.15) is 16.8 Å². The number of carbonyl (C=O) groups excluding carboxylic acids is 4. The number of ether oxygens (including phenoxy) is 1. The highest BCUT2D eigenvalue weighted by atomic mass is 35.5. The maximum Gasteiger partial charge on any atom is 0.338 e. The minimum absolute atomic E-state index is 0.0993. The van der Waals surface area contributed by atoms with Gasteiger partial charge in [-0.2, -0.15) is 0 Å². The summed E-state index contributed by atoms with van der Waals surface area (Å²) < 4.78 is 5.10. The SMILES string of the molecule is O=C(COC(=O)c1cccc(N2C(=O)[C@@H]3[C@@H](C2=O)[C@H]2C=C[C@H]3C2)c1)Nc1ccc(Cl)cc1Cl. The van der Waals surface area contributed by atoms with Crippen LogP contribution in [0, 0.1) is 23.7 Å². The minimum atomic E-state index is -0.754. The van der Waals surface area contributed by atoms with Crippen LogP contribution in [0.15, 0.2) is 54.6 Å². The minimum Gasteiger partial charge on any atom is -0.452 e. The fraction of sp³-hybridized carbons (Fsp3) is 0.250. The van der Waals surface area contributed by atoms with Crippen molar-refractivity contribution in [2.45, 2.75) is 6.42 Å². The van der Waals surface area contributed by atoms with Gasteiger partial charge in [0, 0.05) is 5.02 Å².